The van der Waals surface area contributed by atoms with Crippen LogP contribution in [0.2, 0.25) is 0 Å². The summed E-state index contributed by atoms with van der Waals surface area (Å²) in [6, 6.07) is 2.15. The maximum Gasteiger partial charge on any atom is 0.155 e. The van der Waals surface area contributed by atoms with Crippen LogP contribution in [-0.2, 0) is 0 Å². The van der Waals surface area contributed by atoms with Gasteiger partial charge in [0.15, 0.2) is 5.65 Å². The van der Waals surface area contributed by atoms with Crippen LogP contribution in [0.3, 0.4) is 0 Å². The van der Waals surface area contributed by atoms with E-state index in [1.807, 2.05) is 12.4 Å². The number of nitrogens with one attached hydrogen (secondary N) is 1. The minimum atomic E-state index is 0.576. The molecule has 0 spiro atoms. The molecule has 0 fully saturated rings. The SMILES string of the molecule is CC[C@H](C)c1cnc2[nH]ncc2c1. The summed E-state index contributed by atoms with van der Waals surface area (Å²) < 4.78 is 0. The first-order valence-electron chi connectivity index (χ1n) is 4.60. The number of hydrogen-bond donors (Lipinski definition) is 1. The first-order chi connectivity index (χ1) is 6.31. The minimum absolute atomic E-state index is 0.576. The molecule has 0 radical (unpaired) electrons. The molecule has 68 valence electrons. The van der Waals surface area contributed by atoms with Gasteiger partial charge in [-0.2, -0.15) is 5.10 Å². The maximum absolute atomic E-state index is 4.29. The van der Waals surface area contributed by atoms with Gasteiger partial charge in [-0.25, -0.2) is 4.98 Å². The molecule has 0 saturated heterocycles. The number of rotatable bonds is 2. The molecule has 0 bridgehead atoms. The van der Waals surface area contributed by atoms with Gasteiger partial charge in [0.2, 0.25) is 0 Å². The highest BCUT2D eigenvalue weighted by Crippen LogP contribution is 2.20. The van der Waals surface area contributed by atoms with Gasteiger partial charge in [0.25, 0.3) is 0 Å². The molecule has 0 saturated carbocycles. The molecule has 2 aromatic rings. The molecule has 1 N–H and O–H groups in total. The lowest BCUT2D eigenvalue weighted by Crippen LogP contribution is -1.91. The van der Waals surface area contributed by atoms with E-state index in [2.05, 4.69) is 35.1 Å². The Morgan fingerprint density at radius 2 is 2.31 bits per heavy atom. The molecule has 0 aromatic carbocycles. The highest BCUT2D eigenvalue weighted by atomic mass is 15.1. The zero-order valence-corrected chi connectivity index (χ0v) is 7.91. The summed E-state index contributed by atoms with van der Waals surface area (Å²) in [5.74, 6) is 0.576. The molecule has 0 unspecified atom stereocenters. The Kier molecular flexibility index (Phi) is 2.00. The van der Waals surface area contributed by atoms with Crippen LogP contribution in [-0.4, -0.2) is 15.2 Å². The predicted octanol–water partition coefficient (Wildman–Crippen LogP) is 2.47. The normalized spacial score (nSPS) is 13.4. The fourth-order valence-corrected chi connectivity index (χ4v) is 1.36. The van der Waals surface area contributed by atoms with E-state index in [0.29, 0.717) is 5.92 Å². The van der Waals surface area contributed by atoms with Crippen molar-refractivity contribution in [1.82, 2.24) is 15.2 Å². The van der Waals surface area contributed by atoms with Gasteiger partial charge in [-0.1, -0.05) is 13.8 Å². The molecule has 2 aromatic heterocycles. The third-order valence-electron chi connectivity index (χ3n) is 2.49. The molecule has 3 heteroatoms. The zero-order chi connectivity index (χ0) is 9.26. The Morgan fingerprint density at radius 1 is 1.46 bits per heavy atom. The van der Waals surface area contributed by atoms with E-state index in [4.69, 9.17) is 0 Å². The van der Waals surface area contributed by atoms with Crippen LogP contribution in [0, 0.1) is 0 Å². The van der Waals surface area contributed by atoms with E-state index in [1.54, 1.807) is 0 Å². The van der Waals surface area contributed by atoms with E-state index in [1.165, 1.54) is 5.56 Å². The summed E-state index contributed by atoms with van der Waals surface area (Å²) in [5.41, 5.74) is 2.16. The standard InChI is InChI=1S/C10H13N3/c1-3-7(2)8-4-9-6-12-13-10(9)11-5-8/h4-7H,3H2,1-2H3,(H,11,12,13)/t7-/m0/s1. The van der Waals surface area contributed by atoms with Crippen molar-refractivity contribution >= 4 is 11.0 Å². The Balaban J connectivity index is 2.48. The second-order valence-corrected chi connectivity index (χ2v) is 3.39. The highest BCUT2D eigenvalue weighted by molar-refractivity contribution is 5.74. The van der Waals surface area contributed by atoms with Crippen LogP contribution in [0.1, 0.15) is 31.7 Å². The molecule has 3 nitrogen and oxygen atoms in total. The third kappa shape index (κ3) is 1.41. The van der Waals surface area contributed by atoms with Crippen molar-refractivity contribution in [2.45, 2.75) is 26.2 Å². The molecule has 1 atom stereocenters. The third-order valence-corrected chi connectivity index (χ3v) is 2.49. The lowest BCUT2D eigenvalue weighted by molar-refractivity contribution is 0.731. The molecule has 0 aliphatic rings. The summed E-state index contributed by atoms with van der Waals surface area (Å²) in [5, 5.41) is 7.88. The van der Waals surface area contributed by atoms with Crippen LogP contribution in [0.5, 0.6) is 0 Å². The smallest absolute Gasteiger partial charge is 0.155 e. The summed E-state index contributed by atoms with van der Waals surface area (Å²) in [6.07, 6.45) is 4.88. The second kappa shape index (κ2) is 3.17. The monoisotopic (exact) mass is 175 g/mol. The van der Waals surface area contributed by atoms with Crippen molar-refractivity contribution < 1.29 is 0 Å². The molecule has 2 heterocycles. The summed E-state index contributed by atoms with van der Waals surface area (Å²) in [6.45, 7) is 4.40. The van der Waals surface area contributed by atoms with Crippen molar-refractivity contribution in [3.05, 3.63) is 24.0 Å². The number of fused-ring (bicyclic) bond motifs is 1. The average Bonchev–Trinajstić information content (AvgIpc) is 2.63. The maximum atomic E-state index is 4.29. The molecule has 0 aliphatic carbocycles. The lowest BCUT2D eigenvalue weighted by atomic mass is 10.0. The van der Waals surface area contributed by atoms with E-state index in [9.17, 15) is 0 Å². The molecular weight excluding hydrogens is 162 g/mol. The van der Waals surface area contributed by atoms with Gasteiger partial charge in [-0.05, 0) is 24.0 Å². The number of aromatic nitrogens is 3. The number of nitrogens with zero attached hydrogens (tertiary/aromatic N) is 2. The molecule has 0 amide bonds. The molecule has 0 aliphatic heterocycles. The van der Waals surface area contributed by atoms with Gasteiger partial charge in [-0.15, -0.1) is 0 Å². The highest BCUT2D eigenvalue weighted by Gasteiger charge is 2.04. The van der Waals surface area contributed by atoms with Gasteiger partial charge in [0.1, 0.15) is 0 Å². The molecule has 2 rings (SSSR count). The van der Waals surface area contributed by atoms with Crippen LogP contribution < -0.4 is 0 Å². The number of aromatic amines is 1. The van der Waals surface area contributed by atoms with Crippen LogP contribution in [0.15, 0.2) is 18.5 Å². The summed E-state index contributed by atoms with van der Waals surface area (Å²) in [7, 11) is 0. The molecular formula is C10H13N3. The summed E-state index contributed by atoms with van der Waals surface area (Å²) >= 11 is 0. The molecule has 13 heavy (non-hydrogen) atoms. The van der Waals surface area contributed by atoms with E-state index < -0.39 is 0 Å². The van der Waals surface area contributed by atoms with Crippen LogP contribution in [0.4, 0.5) is 0 Å². The Hall–Kier alpha value is -1.38. The fourth-order valence-electron chi connectivity index (χ4n) is 1.36. The van der Waals surface area contributed by atoms with Crippen molar-refractivity contribution in [2.75, 3.05) is 0 Å². The fraction of sp³-hybridized carbons (Fsp3) is 0.400. The van der Waals surface area contributed by atoms with Crippen molar-refractivity contribution in [3.63, 3.8) is 0 Å². The summed E-state index contributed by atoms with van der Waals surface area (Å²) in [4.78, 5) is 4.29. The van der Waals surface area contributed by atoms with Gasteiger partial charge >= 0.3 is 0 Å². The van der Waals surface area contributed by atoms with Crippen molar-refractivity contribution in [1.29, 1.82) is 0 Å². The number of pyridine rings is 1. The van der Waals surface area contributed by atoms with E-state index in [0.717, 1.165) is 17.5 Å². The van der Waals surface area contributed by atoms with Gasteiger partial charge in [0.05, 0.1) is 6.20 Å². The minimum Gasteiger partial charge on any atom is -0.261 e. The topological polar surface area (TPSA) is 41.6 Å². The van der Waals surface area contributed by atoms with Gasteiger partial charge in [0, 0.05) is 11.6 Å². The Bertz CT molecular complexity index is 405. The van der Waals surface area contributed by atoms with Crippen LogP contribution in [0.25, 0.3) is 11.0 Å². The van der Waals surface area contributed by atoms with E-state index in [-0.39, 0.29) is 0 Å². The zero-order valence-electron chi connectivity index (χ0n) is 7.91. The van der Waals surface area contributed by atoms with Gasteiger partial charge < -0.3 is 0 Å². The van der Waals surface area contributed by atoms with E-state index >= 15 is 0 Å². The quantitative estimate of drug-likeness (QED) is 0.761. The average molecular weight is 175 g/mol. The second-order valence-electron chi connectivity index (χ2n) is 3.39. The predicted molar refractivity (Wildman–Crippen MR) is 52.6 cm³/mol. The first kappa shape index (κ1) is 8.23. The lowest BCUT2D eigenvalue weighted by Gasteiger charge is -2.07. The largest absolute Gasteiger partial charge is 0.261 e. The van der Waals surface area contributed by atoms with Crippen molar-refractivity contribution in [3.8, 4) is 0 Å². The van der Waals surface area contributed by atoms with Gasteiger partial charge in [-0.3, -0.25) is 5.10 Å². The number of H-pyrrole nitrogens is 1. The Labute approximate surface area is 77.2 Å². The van der Waals surface area contributed by atoms with Crippen molar-refractivity contribution in [2.24, 2.45) is 0 Å². The number of hydrogen-bond acceptors (Lipinski definition) is 2. The Morgan fingerprint density at radius 3 is 3.08 bits per heavy atom. The van der Waals surface area contributed by atoms with Crippen LogP contribution >= 0.6 is 0 Å². The first-order valence-corrected chi connectivity index (χ1v) is 4.60.